The van der Waals surface area contributed by atoms with Gasteiger partial charge in [-0.15, -0.1) is 0 Å². The van der Waals surface area contributed by atoms with E-state index in [9.17, 15) is 9.59 Å². The number of allylic oxidation sites excluding steroid dienone is 18. The van der Waals surface area contributed by atoms with Crippen LogP contribution in [0.3, 0.4) is 0 Å². The van der Waals surface area contributed by atoms with Crippen LogP contribution < -0.4 is 0 Å². The van der Waals surface area contributed by atoms with E-state index < -0.39 is 6.10 Å². The molecule has 0 rings (SSSR count). The third kappa shape index (κ3) is 53.2. The van der Waals surface area contributed by atoms with Gasteiger partial charge in [-0.1, -0.05) is 214 Å². The van der Waals surface area contributed by atoms with Crippen LogP contribution in [0.2, 0.25) is 0 Å². The van der Waals surface area contributed by atoms with Crippen molar-refractivity contribution in [3.05, 3.63) is 109 Å². The zero-order valence-electron chi connectivity index (χ0n) is 43.2. The summed E-state index contributed by atoms with van der Waals surface area (Å²) >= 11 is 0. The summed E-state index contributed by atoms with van der Waals surface area (Å²) in [4.78, 5) is 25.5. The van der Waals surface area contributed by atoms with Crippen LogP contribution in [0.5, 0.6) is 0 Å². The molecule has 1 unspecified atom stereocenters. The molecule has 0 aliphatic heterocycles. The van der Waals surface area contributed by atoms with Gasteiger partial charge in [-0.25, -0.2) is 0 Å². The van der Waals surface area contributed by atoms with E-state index in [0.29, 0.717) is 19.4 Å². The molecular formula is C61H102O5. The Labute approximate surface area is 408 Å². The molecule has 0 aromatic heterocycles. The van der Waals surface area contributed by atoms with Crippen LogP contribution >= 0.6 is 0 Å². The number of carbonyl (C=O) groups is 2. The quantitative estimate of drug-likeness (QED) is 0.0346. The van der Waals surface area contributed by atoms with Gasteiger partial charge in [0.15, 0.2) is 6.10 Å². The second-order valence-electron chi connectivity index (χ2n) is 17.7. The molecule has 0 aromatic rings. The van der Waals surface area contributed by atoms with Gasteiger partial charge in [0.25, 0.3) is 0 Å². The minimum atomic E-state index is -0.563. The first kappa shape index (κ1) is 62.6. The summed E-state index contributed by atoms with van der Waals surface area (Å²) in [6.07, 6.45) is 76.7. The summed E-state index contributed by atoms with van der Waals surface area (Å²) in [5.74, 6) is -0.444. The zero-order valence-corrected chi connectivity index (χ0v) is 43.2. The van der Waals surface area contributed by atoms with E-state index in [2.05, 4.69) is 130 Å². The Hall–Kier alpha value is -3.44. The molecule has 66 heavy (non-hydrogen) atoms. The van der Waals surface area contributed by atoms with Crippen molar-refractivity contribution >= 4 is 11.9 Å². The maximum atomic E-state index is 12.8. The molecule has 0 bridgehead atoms. The van der Waals surface area contributed by atoms with Gasteiger partial charge in [0, 0.05) is 19.4 Å². The van der Waals surface area contributed by atoms with Crippen LogP contribution in [-0.4, -0.2) is 37.9 Å². The summed E-state index contributed by atoms with van der Waals surface area (Å²) in [5.41, 5.74) is 0. The molecule has 0 amide bonds. The van der Waals surface area contributed by atoms with Gasteiger partial charge < -0.3 is 14.2 Å². The van der Waals surface area contributed by atoms with Gasteiger partial charge in [-0.05, 0) is 122 Å². The number of carbonyl (C=O) groups excluding carboxylic acids is 2. The molecule has 5 heteroatoms. The minimum Gasteiger partial charge on any atom is -0.462 e. The van der Waals surface area contributed by atoms with Gasteiger partial charge in [0.05, 0.1) is 6.61 Å². The molecule has 0 aromatic carbocycles. The van der Waals surface area contributed by atoms with Gasteiger partial charge in [0.1, 0.15) is 6.61 Å². The molecule has 0 radical (unpaired) electrons. The number of unbranched alkanes of at least 4 members (excludes halogenated alkanes) is 20. The Morgan fingerprint density at radius 3 is 1.11 bits per heavy atom. The van der Waals surface area contributed by atoms with Gasteiger partial charge in [-0.2, -0.15) is 0 Å². The van der Waals surface area contributed by atoms with Crippen molar-refractivity contribution < 1.29 is 23.8 Å². The summed E-state index contributed by atoms with van der Waals surface area (Å²) in [6.45, 7) is 7.53. The van der Waals surface area contributed by atoms with E-state index in [0.717, 1.165) is 128 Å². The molecule has 0 fully saturated rings. The van der Waals surface area contributed by atoms with E-state index in [1.807, 2.05) is 0 Å². The maximum Gasteiger partial charge on any atom is 0.306 e. The average Bonchev–Trinajstić information content (AvgIpc) is 3.32. The van der Waals surface area contributed by atoms with E-state index in [1.165, 1.54) is 77.0 Å². The highest BCUT2D eigenvalue weighted by Crippen LogP contribution is 2.13. The van der Waals surface area contributed by atoms with Crippen LogP contribution in [0.25, 0.3) is 0 Å². The van der Waals surface area contributed by atoms with Crippen LogP contribution in [0, 0.1) is 0 Å². The van der Waals surface area contributed by atoms with Gasteiger partial charge in [0.2, 0.25) is 0 Å². The molecule has 0 aliphatic carbocycles. The predicted molar refractivity (Wildman–Crippen MR) is 288 cm³/mol. The highest BCUT2D eigenvalue weighted by molar-refractivity contribution is 5.70. The molecule has 1 atom stereocenters. The molecule has 0 spiro atoms. The van der Waals surface area contributed by atoms with Gasteiger partial charge >= 0.3 is 11.9 Å². The number of esters is 2. The Morgan fingerprint density at radius 1 is 0.348 bits per heavy atom. The van der Waals surface area contributed by atoms with Crippen molar-refractivity contribution in [2.24, 2.45) is 0 Å². The van der Waals surface area contributed by atoms with E-state index in [-0.39, 0.29) is 25.2 Å². The molecule has 376 valence electrons. The second kappa shape index (κ2) is 55.9. The molecule has 5 nitrogen and oxygen atoms in total. The Kier molecular flexibility index (Phi) is 53.0. The second-order valence-corrected chi connectivity index (χ2v) is 17.7. The third-order valence-corrected chi connectivity index (χ3v) is 11.3. The fourth-order valence-corrected chi connectivity index (χ4v) is 7.25. The Morgan fingerprint density at radius 2 is 0.682 bits per heavy atom. The number of ether oxygens (including phenoxy) is 3. The number of hydrogen-bond donors (Lipinski definition) is 0. The normalized spacial score (nSPS) is 13.1. The van der Waals surface area contributed by atoms with Crippen molar-refractivity contribution in [1.29, 1.82) is 0 Å². The first-order valence-corrected chi connectivity index (χ1v) is 27.4. The SMILES string of the molecule is CC/C=C\C/C=C\C/C=C\C/C=C\CCCCCCCCCOCC(COC(=O)CCCCCC/C=C\C/C=C\C/C=C\C/C=C\CC)OC(=O)CCCCCCC/C=C\CCCCCC. The van der Waals surface area contributed by atoms with Crippen LogP contribution in [0.4, 0.5) is 0 Å². The standard InChI is InChI=1S/C61H102O5/c1-4-7-10-13-16-19-22-25-27-29-30-31-33-35-38-41-44-47-50-53-56-64-57-59(66-61(63)55-52-49-46-43-40-36-24-21-18-15-12-9-6-3)58-65-60(62)54-51-48-45-42-39-37-34-32-28-26-23-20-17-14-11-8-5-2/h7-8,10-11,16-17,19-21,24-28,30-31,34,37,59H,4-6,9,12-15,18,22-23,29,32-33,35-36,38-58H2,1-3H3/b10-7-,11-8-,19-16-,20-17-,24-21-,27-25-,28-26-,31-30-,37-34-. The molecule has 0 N–H and O–H groups in total. The minimum absolute atomic E-state index is 0.0590. The van der Waals surface area contributed by atoms with Crippen molar-refractivity contribution in [2.75, 3.05) is 19.8 Å². The highest BCUT2D eigenvalue weighted by Gasteiger charge is 2.17. The van der Waals surface area contributed by atoms with E-state index in [4.69, 9.17) is 14.2 Å². The molecule has 0 saturated heterocycles. The first-order valence-electron chi connectivity index (χ1n) is 27.4. The molecule has 0 heterocycles. The Balaban J connectivity index is 4.34. The average molecular weight is 915 g/mol. The summed E-state index contributed by atoms with van der Waals surface area (Å²) in [7, 11) is 0. The van der Waals surface area contributed by atoms with Crippen molar-refractivity contribution in [2.45, 2.75) is 245 Å². The lowest BCUT2D eigenvalue weighted by Gasteiger charge is -2.18. The van der Waals surface area contributed by atoms with E-state index >= 15 is 0 Å². The van der Waals surface area contributed by atoms with E-state index in [1.54, 1.807) is 0 Å². The zero-order chi connectivity index (χ0) is 47.7. The Bertz CT molecular complexity index is 1310. The number of hydrogen-bond acceptors (Lipinski definition) is 5. The molecular weight excluding hydrogens is 813 g/mol. The summed E-state index contributed by atoms with van der Waals surface area (Å²) < 4.78 is 17.4. The lowest BCUT2D eigenvalue weighted by atomic mass is 10.1. The van der Waals surface area contributed by atoms with Crippen molar-refractivity contribution in [3.63, 3.8) is 0 Å². The molecule has 0 aliphatic rings. The monoisotopic (exact) mass is 915 g/mol. The topological polar surface area (TPSA) is 61.8 Å². The van der Waals surface area contributed by atoms with Crippen LogP contribution in [0.15, 0.2) is 109 Å². The summed E-state index contributed by atoms with van der Waals surface area (Å²) in [6, 6.07) is 0. The van der Waals surface area contributed by atoms with Crippen molar-refractivity contribution in [3.8, 4) is 0 Å². The fourth-order valence-electron chi connectivity index (χ4n) is 7.25. The largest absolute Gasteiger partial charge is 0.462 e. The van der Waals surface area contributed by atoms with Gasteiger partial charge in [-0.3, -0.25) is 9.59 Å². The third-order valence-electron chi connectivity index (χ3n) is 11.3. The van der Waals surface area contributed by atoms with Crippen molar-refractivity contribution in [1.82, 2.24) is 0 Å². The lowest BCUT2D eigenvalue weighted by Crippen LogP contribution is -2.30. The molecule has 0 saturated carbocycles. The first-order chi connectivity index (χ1) is 32.6. The lowest BCUT2D eigenvalue weighted by molar-refractivity contribution is -0.163. The summed E-state index contributed by atoms with van der Waals surface area (Å²) in [5, 5.41) is 0. The van der Waals surface area contributed by atoms with Crippen LogP contribution in [0.1, 0.15) is 239 Å². The maximum absolute atomic E-state index is 12.8. The number of rotatable bonds is 49. The smallest absolute Gasteiger partial charge is 0.306 e. The highest BCUT2D eigenvalue weighted by atomic mass is 16.6. The predicted octanol–water partition coefficient (Wildman–Crippen LogP) is 18.8. The van der Waals surface area contributed by atoms with Crippen LogP contribution in [-0.2, 0) is 23.8 Å². The fraction of sp³-hybridized carbons (Fsp3) is 0.672.